The van der Waals surface area contributed by atoms with Crippen LogP contribution in [-0.2, 0) is 10.2 Å². The van der Waals surface area contributed by atoms with Crippen molar-refractivity contribution < 1.29 is 22.3 Å². The van der Waals surface area contributed by atoms with Crippen LogP contribution in [0.5, 0.6) is 0 Å². The first-order valence-corrected chi connectivity index (χ1v) is 5.51. The Morgan fingerprint density at radius 2 is 2.07 bits per heavy atom. The van der Waals surface area contributed by atoms with E-state index < -0.39 is 29.8 Å². The SMILES string of the molecule is CCNS(=O)(=O)N(CCO)CC(F)F. The molecule has 0 rings (SSSR count). The first kappa shape index (κ1) is 13.7. The van der Waals surface area contributed by atoms with E-state index in [0.29, 0.717) is 4.31 Å². The van der Waals surface area contributed by atoms with Crippen LogP contribution < -0.4 is 4.72 Å². The standard InChI is InChI=1S/C6H14F2N2O3S/c1-2-9-14(12,13)10(3-4-11)5-6(7)8/h6,9,11H,2-5H2,1H3. The van der Waals surface area contributed by atoms with Gasteiger partial charge >= 0.3 is 0 Å². The lowest BCUT2D eigenvalue weighted by Gasteiger charge is -2.20. The maximum absolute atomic E-state index is 12.0. The van der Waals surface area contributed by atoms with Gasteiger partial charge in [0, 0.05) is 13.1 Å². The Labute approximate surface area is 81.9 Å². The summed E-state index contributed by atoms with van der Waals surface area (Å²) in [5.74, 6) is 0. The fourth-order valence-corrected chi connectivity index (χ4v) is 2.03. The fraction of sp³-hybridized carbons (Fsp3) is 1.00. The number of alkyl halides is 2. The summed E-state index contributed by atoms with van der Waals surface area (Å²) in [4.78, 5) is 0. The van der Waals surface area contributed by atoms with Gasteiger partial charge in [-0.2, -0.15) is 12.7 Å². The minimum atomic E-state index is -3.89. The van der Waals surface area contributed by atoms with Crippen LogP contribution >= 0.6 is 0 Å². The molecule has 0 fully saturated rings. The van der Waals surface area contributed by atoms with E-state index in [1.807, 2.05) is 0 Å². The maximum atomic E-state index is 12.0. The van der Waals surface area contributed by atoms with Crippen LogP contribution in [0.15, 0.2) is 0 Å². The van der Waals surface area contributed by atoms with Crippen LogP contribution in [0.3, 0.4) is 0 Å². The molecule has 0 aliphatic heterocycles. The Morgan fingerprint density at radius 3 is 2.43 bits per heavy atom. The predicted molar refractivity (Wildman–Crippen MR) is 47.3 cm³/mol. The monoisotopic (exact) mass is 232 g/mol. The summed E-state index contributed by atoms with van der Waals surface area (Å²) in [5.41, 5.74) is 0. The highest BCUT2D eigenvalue weighted by atomic mass is 32.2. The summed E-state index contributed by atoms with van der Waals surface area (Å²) in [6, 6.07) is 0. The van der Waals surface area contributed by atoms with Gasteiger partial charge in [0.1, 0.15) is 0 Å². The number of aliphatic hydroxyl groups excluding tert-OH is 1. The molecule has 14 heavy (non-hydrogen) atoms. The molecule has 0 aliphatic rings. The van der Waals surface area contributed by atoms with Gasteiger partial charge in [0.15, 0.2) is 0 Å². The van der Waals surface area contributed by atoms with Crippen LogP contribution in [0.1, 0.15) is 6.92 Å². The predicted octanol–water partition coefficient (Wildman–Crippen LogP) is -0.600. The van der Waals surface area contributed by atoms with Crippen LogP contribution in [0.25, 0.3) is 0 Å². The first-order chi connectivity index (χ1) is 6.44. The normalized spacial score (nSPS) is 12.7. The molecule has 0 heterocycles. The van der Waals surface area contributed by atoms with E-state index >= 15 is 0 Å². The molecule has 0 saturated heterocycles. The van der Waals surface area contributed by atoms with Crippen LogP contribution in [0.4, 0.5) is 8.78 Å². The zero-order chi connectivity index (χ0) is 11.2. The number of hydrogen-bond donors (Lipinski definition) is 2. The second-order valence-corrected chi connectivity index (χ2v) is 4.23. The Kier molecular flexibility index (Phi) is 6.09. The molecule has 0 amide bonds. The molecule has 0 bridgehead atoms. The number of halogens is 2. The highest BCUT2D eigenvalue weighted by molar-refractivity contribution is 7.87. The largest absolute Gasteiger partial charge is 0.395 e. The molecule has 0 aromatic heterocycles. The Morgan fingerprint density at radius 1 is 1.50 bits per heavy atom. The van der Waals surface area contributed by atoms with Crippen molar-refractivity contribution in [2.24, 2.45) is 0 Å². The van der Waals surface area contributed by atoms with E-state index in [0.717, 1.165) is 0 Å². The van der Waals surface area contributed by atoms with Crippen molar-refractivity contribution in [2.75, 3.05) is 26.2 Å². The molecule has 0 spiro atoms. The number of nitrogens with zero attached hydrogens (tertiary/aromatic N) is 1. The van der Waals surface area contributed by atoms with Crippen molar-refractivity contribution in [2.45, 2.75) is 13.3 Å². The van der Waals surface area contributed by atoms with Gasteiger partial charge in [-0.25, -0.2) is 13.5 Å². The van der Waals surface area contributed by atoms with E-state index in [2.05, 4.69) is 4.72 Å². The van der Waals surface area contributed by atoms with Crippen molar-refractivity contribution >= 4 is 10.2 Å². The van der Waals surface area contributed by atoms with E-state index in [1.165, 1.54) is 6.92 Å². The second kappa shape index (κ2) is 6.23. The third-order valence-corrected chi connectivity index (χ3v) is 3.02. The van der Waals surface area contributed by atoms with Gasteiger partial charge in [0.25, 0.3) is 16.6 Å². The Bertz CT molecular complexity index is 245. The summed E-state index contributed by atoms with van der Waals surface area (Å²) >= 11 is 0. The molecule has 8 heteroatoms. The van der Waals surface area contributed by atoms with E-state index in [4.69, 9.17) is 5.11 Å². The third-order valence-electron chi connectivity index (χ3n) is 1.36. The van der Waals surface area contributed by atoms with Gasteiger partial charge in [0.2, 0.25) is 0 Å². The molecule has 0 radical (unpaired) electrons. The van der Waals surface area contributed by atoms with Crippen LogP contribution in [0.2, 0.25) is 0 Å². The molecule has 0 unspecified atom stereocenters. The highest BCUT2D eigenvalue weighted by Gasteiger charge is 2.23. The van der Waals surface area contributed by atoms with Gasteiger partial charge in [-0.3, -0.25) is 0 Å². The third kappa shape index (κ3) is 4.80. The fourth-order valence-electron chi connectivity index (χ4n) is 0.849. The lowest BCUT2D eigenvalue weighted by molar-refractivity contribution is 0.112. The second-order valence-electron chi connectivity index (χ2n) is 2.48. The molecule has 0 atom stereocenters. The summed E-state index contributed by atoms with van der Waals surface area (Å²) in [6.45, 7) is -0.0720. The molecule has 2 N–H and O–H groups in total. The Hall–Kier alpha value is -0.310. The molecular formula is C6H14F2N2O3S. The molecule has 86 valence electrons. The zero-order valence-corrected chi connectivity index (χ0v) is 8.60. The lowest BCUT2D eigenvalue weighted by Crippen LogP contribution is -2.44. The van der Waals surface area contributed by atoms with Crippen molar-refractivity contribution in [1.82, 2.24) is 9.03 Å². The quantitative estimate of drug-likeness (QED) is 0.616. The van der Waals surface area contributed by atoms with Gasteiger partial charge in [0.05, 0.1) is 13.2 Å². The van der Waals surface area contributed by atoms with Gasteiger partial charge < -0.3 is 5.11 Å². The van der Waals surface area contributed by atoms with Crippen molar-refractivity contribution in [3.63, 3.8) is 0 Å². The van der Waals surface area contributed by atoms with Crippen molar-refractivity contribution in [3.05, 3.63) is 0 Å². The molecular weight excluding hydrogens is 218 g/mol. The van der Waals surface area contributed by atoms with Crippen LogP contribution in [-0.4, -0.2) is 50.5 Å². The minimum absolute atomic E-state index is 0.119. The lowest BCUT2D eigenvalue weighted by atomic mass is 10.6. The molecule has 0 saturated carbocycles. The number of nitrogens with one attached hydrogen (secondary N) is 1. The van der Waals surface area contributed by atoms with Crippen LogP contribution in [0, 0.1) is 0 Å². The summed E-state index contributed by atoms with van der Waals surface area (Å²) in [5, 5.41) is 8.50. The summed E-state index contributed by atoms with van der Waals surface area (Å²) < 4.78 is 49.0. The van der Waals surface area contributed by atoms with Gasteiger partial charge in [-0.15, -0.1) is 0 Å². The van der Waals surface area contributed by atoms with Gasteiger partial charge in [-0.1, -0.05) is 6.92 Å². The van der Waals surface area contributed by atoms with Gasteiger partial charge in [-0.05, 0) is 0 Å². The van der Waals surface area contributed by atoms with Crippen molar-refractivity contribution in [1.29, 1.82) is 0 Å². The summed E-state index contributed by atoms with van der Waals surface area (Å²) in [7, 11) is -3.89. The number of rotatable bonds is 7. The molecule has 5 nitrogen and oxygen atoms in total. The maximum Gasteiger partial charge on any atom is 0.279 e. The summed E-state index contributed by atoms with van der Waals surface area (Å²) in [6.07, 6.45) is -2.75. The average Bonchev–Trinajstić information content (AvgIpc) is 2.02. The van der Waals surface area contributed by atoms with E-state index in [9.17, 15) is 17.2 Å². The first-order valence-electron chi connectivity index (χ1n) is 4.07. The average molecular weight is 232 g/mol. The Balaban J connectivity index is 4.46. The molecule has 0 aromatic carbocycles. The highest BCUT2D eigenvalue weighted by Crippen LogP contribution is 2.02. The van der Waals surface area contributed by atoms with E-state index in [1.54, 1.807) is 0 Å². The van der Waals surface area contributed by atoms with Crippen molar-refractivity contribution in [3.8, 4) is 0 Å². The molecule has 0 aliphatic carbocycles. The number of hydrogen-bond acceptors (Lipinski definition) is 3. The minimum Gasteiger partial charge on any atom is -0.395 e. The topological polar surface area (TPSA) is 69.6 Å². The molecule has 0 aromatic rings. The smallest absolute Gasteiger partial charge is 0.279 e. The number of aliphatic hydroxyl groups is 1. The van der Waals surface area contributed by atoms with E-state index in [-0.39, 0.29) is 13.1 Å². The zero-order valence-electron chi connectivity index (χ0n) is 7.78.